The van der Waals surface area contributed by atoms with Gasteiger partial charge in [0, 0.05) is 18.1 Å². The number of rotatable bonds is 7. The van der Waals surface area contributed by atoms with E-state index in [1.54, 1.807) is 0 Å². The maximum absolute atomic E-state index is 11.8. The van der Waals surface area contributed by atoms with E-state index in [0.29, 0.717) is 24.6 Å². The fourth-order valence-corrected chi connectivity index (χ4v) is 2.89. The monoisotopic (exact) mass is 304 g/mol. The molecule has 1 atom stereocenters. The summed E-state index contributed by atoms with van der Waals surface area (Å²) in [4.78, 5) is 11.8. The van der Waals surface area contributed by atoms with Crippen LogP contribution < -0.4 is 10.6 Å². The number of carbonyl (C=O) groups excluding carboxylic acids is 1. The summed E-state index contributed by atoms with van der Waals surface area (Å²) in [6.07, 6.45) is 2.81. The molecule has 122 valence electrons. The van der Waals surface area contributed by atoms with Gasteiger partial charge in [-0.15, -0.1) is 0 Å². The first kappa shape index (κ1) is 16.8. The molecule has 1 aliphatic rings. The molecule has 0 aliphatic heterocycles. The van der Waals surface area contributed by atoms with Gasteiger partial charge in [0.2, 0.25) is 0 Å². The molecule has 2 rings (SSSR count). The molecular weight excluding hydrogens is 276 g/mol. The van der Waals surface area contributed by atoms with Crippen molar-refractivity contribution in [3.8, 4) is 0 Å². The van der Waals surface area contributed by atoms with Gasteiger partial charge in [0.15, 0.2) is 0 Å². The molecule has 0 bridgehead atoms. The molecule has 1 fully saturated rings. The van der Waals surface area contributed by atoms with Crippen LogP contribution >= 0.6 is 0 Å². The van der Waals surface area contributed by atoms with E-state index in [0.717, 1.165) is 24.8 Å². The summed E-state index contributed by atoms with van der Waals surface area (Å²) < 4.78 is 5.24. The van der Waals surface area contributed by atoms with E-state index in [2.05, 4.69) is 31.4 Å². The highest BCUT2D eigenvalue weighted by Crippen LogP contribution is 2.22. The Bertz CT molecular complexity index is 455. The van der Waals surface area contributed by atoms with Gasteiger partial charge in [0.1, 0.15) is 6.61 Å². The average Bonchev–Trinajstić information content (AvgIpc) is 2.48. The predicted molar refractivity (Wildman–Crippen MR) is 88.6 cm³/mol. The summed E-state index contributed by atoms with van der Waals surface area (Å²) in [5.74, 6) is 0.646. The van der Waals surface area contributed by atoms with Crippen molar-refractivity contribution in [2.45, 2.75) is 64.8 Å². The van der Waals surface area contributed by atoms with Gasteiger partial charge in [-0.3, -0.25) is 0 Å². The van der Waals surface area contributed by atoms with Gasteiger partial charge in [-0.05, 0) is 30.7 Å². The van der Waals surface area contributed by atoms with Crippen molar-refractivity contribution in [2.75, 3.05) is 0 Å². The van der Waals surface area contributed by atoms with Crippen molar-refractivity contribution in [1.82, 2.24) is 10.6 Å². The SMILES string of the molecule is CCC(NC1CC(NC(=O)OCc2ccccc2)C1)C(C)C. The van der Waals surface area contributed by atoms with Crippen LogP contribution in [-0.2, 0) is 11.3 Å². The minimum absolute atomic E-state index is 0.241. The summed E-state index contributed by atoms with van der Waals surface area (Å²) in [5.41, 5.74) is 1.01. The number of hydrogen-bond donors (Lipinski definition) is 2. The lowest BCUT2D eigenvalue weighted by Crippen LogP contribution is -2.55. The first-order chi connectivity index (χ1) is 10.6. The summed E-state index contributed by atoms with van der Waals surface area (Å²) in [6, 6.07) is 11.1. The van der Waals surface area contributed by atoms with Crippen LogP contribution in [-0.4, -0.2) is 24.2 Å². The third-order valence-corrected chi connectivity index (χ3v) is 4.37. The van der Waals surface area contributed by atoms with Crippen molar-refractivity contribution in [1.29, 1.82) is 0 Å². The molecule has 2 N–H and O–H groups in total. The summed E-state index contributed by atoms with van der Waals surface area (Å²) in [6.45, 7) is 7.03. The van der Waals surface area contributed by atoms with Crippen molar-refractivity contribution in [3.63, 3.8) is 0 Å². The molecule has 1 aromatic carbocycles. The average molecular weight is 304 g/mol. The smallest absolute Gasteiger partial charge is 0.407 e. The van der Waals surface area contributed by atoms with Gasteiger partial charge in [0.05, 0.1) is 0 Å². The molecule has 0 aromatic heterocycles. The van der Waals surface area contributed by atoms with E-state index in [1.165, 1.54) is 0 Å². The van der Waals surface area contributed by atoms with Crippen molar-refractivity contribution in [2.24, 2.45) is 5.92 Å². The number of amides is 1. The van der Waals surface area contributed by atoms with E-state index in [1.807, 2.05) is 30.3 Å². The zero-order valence-electron chi connectivity index (χ0n) is 13.8. The Morgan fingerprint density at radius 2 is 1.91 bits per heavy atom. The second-order valence-electron chi connectivity index (χ2n) is 6.50. The summed E-state index contributed by atoms with van der Waals surface area (Å²) in [7, 11) is 0. The van der Waals surface area contributed by atoms with Crippen LogP contribution in [0.2, 0.25) is 0 Å². The Hall–Kier alpha value is -1.55. The third kappa shape index (κ3) is 5.02. The Labute approximate surface area is 133 Å². The second-order valence-corrected chi connectivity index (χ2v) is 6.50. The van der Waals surface area contributed by atoms with E-state index >= 15 is 0 Å². The van der Waals surface area contributed by atoms with Crippen molar-refractivity contribution >= 4 is 6.09 Å². The maximum atomic E-state index is 11.8. The Morgan fingerprint density at radius 3 is 2.50 bits per heavy atom. The lowest BCUT2D eigenvalue weighted by molar-refractivity contribution is 0.123. The normalized spacial score (nSPS) is 22.0. The Balaban J connectivity index is 1.62. The van der Waals surface area contributed by atoms with Crippen LogP contribution in [0.25, 0.3) is 0 Å². The molecule has 1 unspecified atom stereocenters. The predicted octanol–water partition coefficient (Wildman–Crippen LogP) is 3.47. The van der Waals surface area contributed by atoms with Gasteiger partial charge in [-0.1, -0.05) is 51.1 Å². The summed E-state index contributed by atoms with van der Waals surface area (Å²) >= 11 is 0. The minimum atomic E-state index is -0.316. The summed E-state index contributed by atoms with van der Waals surface area (Å²) in [5, 5.41) is 6.61. The van der Waals surface area contributed by atoms with E-state index in [9.17, 15) is 4.79 Å². The number of benzene rings is 1. The highest BCUT2D eigenvalue weighted by atomic mass is 16.5. The first-order valence-electron chi connectivity index (χ1n) is 8.31. The fraction of sp³-hybridized carbons (Fsp3) is 0.611. The lowest BCUT2D eigenvalue weighted by Gasteiger charge is -2.39. The van der Waals surface area contributed by atoms with Crippen LogP contribution in [0.3, 0.4) is 0 Å². The van der Waals surface area contributed by atoms with Gasteiger partial charge in [-0.25, -0.2) is 4.79 Å². The third-order valence-electron chi connectivity index (χ3n) is 4.37. The minimum Gasteiger partial charge on any atom is -0.445 e. The molecule has 22 heavy (non-hydrogen) atoms. The molecule has 0 spiro atoms. The highest BCUT2D eigenvalue weighted by Gasteiger charge is 2.32. The maximum Gasteiger partial charge on any atom is 0.407 e. The van der Waals surface area contributed by atoms with E-state index < -0.39 is 0 Å². The molecule has 0 radical (unpaired) electrons. The van der Waals surface area contributed by atoms with Crippen LogP contribution in [0.1, 0.15) is 45.6 Å². The lowest BCUT2D eigenvalue weighted by atomic mass is 9.85. The zero-order valence-corrected chi connectivity index (χ0v) is 13.8. The van der Waals surface area contributed by atoms with Crippen LogP contribution in [0, 0.1) is 5.92 Å². The largest absolute Gasteiger partial charge is 0.445 e. The van der Waals surface area contributed by atoms with Gasteiger partial charge in [-0.2, -0.15) is 0 Å². The van der Waals surface area contributed by atoms with Gasteiger partial charge >= 0.3 is 6.09 Å². The molecule has 1 amide bonds. The topological polar surface area (TPSA) is 50.4 Å². The van der Waals surface area contributed by atoms with Crippen LogP contribution in [0.15, 0.2) is 30.3 Å². The molecule has 1 saturated carbocycles. The first-order valence-corrected chi connectivity index (χ1v) is 8.31. The van der Waals surface area contributed by atoms with E-state index in [4.69, 9.17) is 4.74 Å². The quantitative estimate of drug-likeness (QED) is 0.811. The molecular formula is C18H28N2O2. The highest BCUT2D eigenvalue weighted by molar-refractivity contribution is 5.67. The standard InChI is InChI=1S/C18H28N2O2/c1-4-17(13(2)3)19-15-10-16(11-15)20-18(21)22-12-14-8-6-5-7-9-14/h5-9,13,15-17,19H,4,10-12H2,1-3H3,(H,20,21). The molecule has 0 heterocycles. The zero-order chi connectivity index (χ0) is 15.9. The van der Waals surface area contributed by atoms with Crippen LogP contribution in [0.5, 0.6) is 0 Å². The number of hydrogen-bond acceptors (Lipinski definition) is 3. The number of ether oxygens (including phenoxy) is 1. The van der Waals surface area contributed by atoms with Crippen molar-refractivity contribution in [3.05, 3.63) is 35.9 Å². The molecule has 4 heteroatoms. The molecule has 1 aliphatic carbocycles. The van der Waals surface area contributed by atoms with Gasteiger partial charge < -0.3 is 15.4 Å². The number of alkyl carbamates (subject to hydrolysis) is 1. The van der Waals surface area contributed by atoms with Gasteiger partial charge in [0.25, 0.3) is 0 Å². The number of carbonyl (C=O) groups is 1. The van der Waals surface area contributed by atoms with Crippen molar-refractivity contribution < 1.29 is 9.53 Å². The second kappa shape index (κ2) is 8.18. The number of nitrogens with one attached hydrogen (secondary N) is 2. The van der Waals surface area contributed by atoms with E-state index in [-0.39, 0.29) is 12.1 Å². The molecule has 4 nitrogen and oxygen atoms in total. The Kier molecular flexibility index (Phi) is 6.25. The molecule has 0 saturated heterocycles. The fourth-order valence-electron chi connectivity index (χ4n) is 2.89. The van der Waals surface area contributed by atoms with Crippen LogP contribution in [0.4, 0.5) is 4.79 Å². The Morgan fingerprint density at radius 1 is 1.23 bits per heavy atom. The molecule has 1 aromatic rings.